The normalized spacial score (nSPS) is 14.7. The minimum Gasteiger partial charge on any atom is -0.475 e. The number of primary amides is 1. The molecule has 1 aromatic carbocycles. The first-order chi connectivity index (χ1) is 12.1. The van der Waals surface area contributed by atoms with E-state index in [-0.39, 0.29) is 0 Å². The van der Waals surface area contributed by atoms with Crippen molar-refractivity contribution in [1.82, 2.24) is 15.1 Å². The number of rotatable bonds is 2. The summed E-state index contributed by atoms with van der Waals surface area (Å²) in [5.74, 6) is -3.19. The van der Waals surface area contributed by atoms with Crippen LogP contribution in [0.2, 0.25) is 0 Å². The molecule has 2 heterocycles. The van der Waals surface area contributed by atoms with E-state index in [1.807, 2.05) is 19.3 Å². The average Bonchev–Trinajstić information content (AvgIpc) is 2.95. The molecule has 1 fully saturated rings. The van der Waals surface area contributed by atoms with E-state index in [1.165, 1.54) is 0 Å². The molecule has 1 aliphatic rings. The summed E-state index contributed by atoms with van der Waals surface area (Å²) < 4.78 is 33.5. The predicted molar refractivity (Wildman–Crippen MR) is 88.0 cm³/mol. The second kappa shape index (κ2) is 7.60. The Hall–Kier alpha value is -2.82. The zero-order valence-corrected chi connectivity index (χ0v) is 13.9. The number of fused-ring (bicyclic) bond motifs is 1. The summed E-state index contributed by atoms with van der Waals surface area (Å²) >= 11 is 0. The first-order valence-corrected chi connectivity index (χ1v) is 7.63. The number of aromatic nitrogens is 2. The van der Waals surface area contributed by atoms with Gasteiger partial charge in [0.05, 0.1) is 5.56 Å². The number of aryl methyl sites for hydroxylation is 1. The van der Waals surface area contributed by atoms with E-state index in [0.717, 1.165) is 37.3 Å². The quantitative estimate of drug-likeness (QED) is 0.715. The Morgan fingerprint density at radius 2 is 1.85 bits per heavy atom. The number of carboxylic acids is 1. The minimum absolute atomic E-state index is 0.435. The number of aliphatic carboxylic acids is 1. The van der Waals surface area contributed by atoms with Gasteiger partial charge in [-0.1, -0.05) is 0 Å². The number of nitrogens with zero attached hydrogens (tertiary/aromatic N) is 3. The van der Waals surface area contributed by atoms with Crippen LogP contribution in [0.4, 0.5) is 18.9 Å². The summed E-state index contributed by atoms with van der Waals surface area (Å²) in [5, 5.41) is 15.8. The number of carbonyl (C=O) groups excluding carboxylic acids is 1. The minimum atomic E-state index is -5.08. The molecule has 0 radical (unpaired) electrons. The lowest BCUT2D eigenvalue weighted by Gasteiger charge is -2.30. The maximum atomic E-state index is 11.5. The summed E-state index contributed by atoms with van der Waals surface area (Å²) in [5.41, 5.74) is 7.69. The summed E-state index contributed by atoms with van der Waals surface area (Å²) in [6.45, 7) is 3.86. The molecule has 0 atom stereocenters. The van der Waals surface area contributed by atoms with E-state index in [4.69, 9.17) is 15.6 Å². The van der Waals surface area contributed by atoms with Crippen LogP contribution in [0.25, 0.3) is 10.9 Å². The molecule has 1 amide bonds. The van der Waals surface area contributed by atoms with Crippen LogP contribution >= 0.6 is 0 Å². The van der Waals surface area contributed by atoms with Crippen LogP contribution in [0.1, 0.15) is 10.4 Å². The van der Waals surface area contributed by atoms with E-state index in [0.29, 0.717) is 11.1 Å². The van der Waals surface area contributed by atoms with Gasteiger partial charge in [-0.3, -0.25) is 9.48 Å². The van der Waals surface area contributed by atoms with E-state index < -0.39 is 18.1 Å². The second-order valence-electron chi connectivity index (χ2n) is 5.60. The van der Waals surface area contributed by atoms with Crippen molar-refractivity contribution in [2.75, 3.05) is 31.1 Å². The fourth-order valence-electron chi connectivity index (χ4n) is 2.59. The lowest BCUT2D eigenvalue weighted by Crippen LogP contribution is -2.43. The molecular weight excluding hydrogens is 355 g/mol. The largest absolute Gasteiger partial charge is 0.490 e. The summed E-state index contributed by atoms with van der Waals surface area (Å²) in [6.07, 6.45) is -3.14. The third kappa shape index (κ3) is 4.42. The topological polar surface area (TPSA) is 113 Å². The van der Waals surface area contributed by atoms with Gasteiger partial charge < -0.3 is 21.1 Å². The molecule has 142 valence electrons. The Labute approximate surface area is 146 Å². The fourth-order valence-corrected chi connectivity index (χ4v) is 2.59. The van der Waals surface area contributed by atoms with Gasteiger partial charge in [0, 0.05) is 50.5 Å². The molecule has 0 aliphatic carbocycles. The van der Waals surface area contributed by atoms with Crippen molar-refractivity contribution < 1.29 is 27.9 Å². The number of carbonyl (C=O) groups is 2. The van der Waals surface area contributed by atoms with Gasteiger partial charge in [-0.15, -0.1) is 0 Å². The van der Waals surface area contributed by atoms with Crippen molar-refractivity contribution in [3.05, 3.63) is 23.9 Å². The molecule has 2 aromatic rings. The maximum absolute atomic E-state index is 11.5. The Morgan fingerprint density at radius 3 is 2.35 bits per heavy atom. The molecule has 8 nitrogen and oxygen atoms in total. The number of alkyl halides is 3. The molecule has 3 rings (SSSR count). The van der Waals surface area contributed by atoms with E-state index >= 15 is 0 Å². The van der Waals surface area contributed by atoms with Crippen LogP contribution in [0.3, 0.4) is 0 Å². The van der Waals surface area contributed by atoms with Crippen molar-refractivity contribution in [3.8, 4) is 0 Å². The third-order valence-corrected chi connectivity index (χ3v) is 3.73. The van der Waals surface area contributed by atoms with Gasteiger partial charge in [0.2, 0.25) is 0 Å². The van der Waals surface area contributed by atoms with Gasteiger partial charge in [0.25, 0.3) is 5.91 Å². The number of amides is 1. The molecular formula is C15H18F3N5O3. The second-order valence-corrected chi connectivity index (χ2v) is 5.60. The van der Waals surface area contributed by atoms with Gasteiger partial charge in [-0.2, -0.15) is 18.3 Å². The molecule has 1 aromatic heterocycles. The van der Waals surface area contributed by atoms with Crippen molar-refractivity contribution >= 4 is 28.5 Å². The first-order valence-electron chi connectivity index (χ1n) is 7.63. The van der Waals surface area contributed by atoms with Crippen LogP contribution in [-0.2, 0) is 11.8 Å². The third-order valence-electron chi connectivity index (χ3n) is 3.73. The number of nitrogens with one attached hydrogen (secondary N) is 1. The highest BCUT2D eigenvalue weighted by Gasteiger charge is 2.38. The molecule has 0 unspecified atom stereocenters. The van der Waals surface area contributed by atoms with Crippen LogP contribution in [0.5, 0.6) is 0 Å². The average molecular weight is 373 g/mol. The van der Waals surface area contributed by atoms with Crippen LogP contribution < -0.4 is 16.0 Å². The van der Waals surface area contributed by atoms with Crippen molar-refractivity contribution in [2.24, 2.45) is 12.8 Å². The maximum Gasteiger partial charge on any atom is 0.490 e. The number of benzene rings is 1. The highest BCUT2D eigenvalue weighted by molar-refractivity contribution is 6.08. The van der Waals surface area contributed by atoms with Crippen molar-refractivity contribution in [1.29, 1.82) is 0 Å². The molecule has 0 bridgehead atoms. The van der Waals surface area contributed by atoms with Gasteiger partial charge in [-0.25, -0.2) is 4.79 Å². The predicted octanol–water partition coefficient (Wildman–Crippen LogP) is 0.715. The number of hydrogen-bond acceptors (Lipinski definition) is 5. The van der Waals surface area contributed by atoms with Gasteiger partial charge in [-0.05, 0) is 12.1 Å². The van der Waals surface area contributed by atoms with Crippen LogP contribution in [0.15, 0.2) is 18.3 Å². The molecule has 1 saturated heterocycles. The Kier molecular flexibility index (Phi) is 5.70. The van der Waals surface area contributed by atoms with Gasteiger partial charge >= 0.3 is 12.1 Å². The van der Waals surface area contributed by atoms with Crippen molar-refractivity contribution in [3.63, 3.8) is 0 Å². The van der Waals surface area contributed by atoms with Crippen LogP contribution in [-0.4, -0.2) is 59.1 Å². The summed E-state index contributed by atoms with van der Waals surface area (Å²) in [6, 6.07) is 3.74. The smallest absolute Gasteiger partial charge is 0.475 e. The van der Waals surface area contributed by atoms with Gasteiger partial charge in [0.1, 0.15) is 5.52 Å². The van der Waals surface area contributed by atoms with E-state index in [1.54, 1.807) is 10.7 Å². The lowest BCUT2D eigenvalue weighted by atomic mass is 10.1. The fraction of sp³-hybridized carbons (Fsp3) is 0.400. The van der Waals surface area contributed by atoms with Crippen LogP contribution in [0, 0.1) is 0 Å². The Morgan fingerprint density at radius 1 is 1.27 bits per heavy atom. The molecule has 1 aliphatic heterocycles. The summed E-state index contributed by atoms with van der Waals surface area (Å²) in [7, 11) is 1.85. The first kappa shape index (κ1) is 19.5. The number of nitrogens with two attached hydrogens (primary N) is 1. The lowest BCUT2D eigenvalue weighted by molar-refractivity contribution is -0.192. The summed E-state index contributed by atoms with van der Waals surface area (Å²) in [4.78, 5) is 22.7. The molecule has 11 heteroatoms. The standard InChI is InChI=1S/C13H17N5O.C2HF3O2/c1-17-8-10-11(18-6-4-15-5-7-18)3-2-9(13(14)19)12(10)16-17;3-2(4,5)1(6)7/h2-3,8,15H,4-7H2,1H3,(H2,14,19);(H,6,7). The number of carboxylic acid groups (broad SMARTS) is 1. The number of hydrogen-bond donors (Lipinski definition) is 3. The number of anilines is 1. The van der Waals surface area contributed by atoms with E-state index in [9.17, 15) is 18.0 Å². The highest BCUT2D eigenvalue weighted by Crippen LogP contribution is 2.28. The highest BCUT2D eigenvalue weighted by atomic mass is 19.4. The van der Waals surface area contributed by atoms with Crippen molar-refractivity contribution in [2.45, 2.75) is 6.18 Å². The number of halogens is 3. The molecule has 0 saturated carbocycles. The molecule has 26 heavy (non-hydrogen) atoms. The molecule has 0 spiro atoms. The van der Waals surface area contributed by atoms with Gasteiger partial charge in [0.15, 0.2) is 0 Å². The molecule has 4 N–H and O–H groups in total. The Bertz CT molecular complexity index is 813. The SMILES string of the molecule is Cn1cc2c(N3CCNCC3)ccc(C(N)=O)c2n1.O=C(O)C(F)(F)F. The zero-order valence-electron chi connectivity index (χ0n) is 13.9. The number of piperazine rings is 1. The van der Waals surface area contributed by atoms with E-state index in [2.05, 4.69) is 15.3 Å². The monoisotopic (exact) mass is 373 g/mol. The Balaban J connectivity index is 0.000000298. The zero-order chi connectivity index (χ0) is 19.5.